The molecule has 1 atom stereocenters. The summed E-state index contributed by atoms with van der Waals surface area (Å²) in [5.41, 5.74) is 3.38. The fourth-order valence-electron chi connectivity index (χ4n) is 3.01. The first kappa shape index (κ1) is 17.6. The second-order valence-electron chi connectivity index (χ2n) is 6.64. The molecule has 7 heteroatoms. The molecule has 4 rings (SSSR count). The van der Waals surface area contributed by atoms with Crippen molar-refractivity contribution in [2.45, 2.75) is 26.4 Å². The van der Waals surface area contributed by atoms with Gasteiger partial charge in [-0.2, -0.15) is 0 Å². The summed E-state index contributed by atoms with van der Waals surface area (Å²) in [4.78, 5) is 22.8. The van der Waals surface area contributed by atoms with Gasteiger partial charge in [0.2, 0.25) is 0 Å². The van der Waals surface area contributed by atoms with Gasteiger partial charge in [0.1, 0.15) is 15.9 Å². The van der Waals surface area contributed by atoms with Crippen molar-refractivity contribution in [1.82, 2.24) is 14.5 Å². The fourth-order valence-corrected chi connectivity index (χ4v) is 4.06. The van der Waals surface area contributed by atoms with Gasteiger partial charge in [0, 0.05) is 18.4 Å². The number of nitrogens with zero attached hydrogens (tertiary/aromatic N) is 3. The zero-order chi connectivity index (χ0) is 19.0. The molecule has 0 bridgehead atoms. The zero-order valence-electron chi connectivity index (χ0n) is 15.1. The first-order chi connectivity index (χ1) is 13.0. The quantitative estimate of drug-likeness (QED) is 0.554. The number of aliphatic hydroxyl groups excluding tert-OH is 1. The van der Waals surface area contributed by atoms with E-state index in [9.17, 15) is 9.90 Å². The lowest BCUT2D eigenvalue weighted by Crippen LogP contribution is -2.17. The van der Waals surface area contributed by atoms with Crippen LogP contribution < -0.4 is 10.9 Å². The third-order valence-electron chi connectivity index (χ3n) is 4.47. The van der Waals surface area contributed by atoms with E-state index >= 15 is 0 Å². The Balaban J connectivity index is 1.83. The van der Waals surface area contributed by atoms with E-state index < -0.39 is 0 Å². The van der Waals surface area contributed by atoms with Gasteiger partial charge in [-0.25, -0.2) is 9.97 Å². The number of benzene rings is 1. The molecule has 27 heavy (non-hydrogen) atoms. The molecule has 0 amide bonds. The number of rotatable bonds is 5. The molecule has 3 heterocycles. The number of aryl methyl sites for hydroxylation is 1. The number of fused-ring (bicyclic) bond motifs is 3. The molecule has 0 aliphatic carbocycles. The van der Waals surface area contributed by atoms with Gasteiger partial charge in [-0.05, 0) is 38.5 Å². The number of aromatic nitrogens is 3. The molecule has 6 nitrogen and oxygen atoms in total. The number of anilines is 1. The van der Waals surface area contributed by atoms with E-state index in [1.165, 1.54) is 11.3 Å². The maximum absolute atomic E-state index is 13.1. The third kappa shape index (κ3) is 3.31. The molecule has 0 spiro atoms. The van der Waals surface area contributed by atoms with Crippen molar-refractivity contribution in [3.63, 3.8) is 0 Å². The van der Waals surface area contributed by atoms with Crippen LogP contribution >= 0.6 is 11.3 Å². The molecule has 0 saturated heterocycles. The van der Waals surface area contributed by atoms with E-state index in [1.54, 1.807) is 24.0 Å². The molecule has 0 fully saturated rings. The van der Waals surface area contributed by atoms with Crippen molar-refractivity contribution >= 4 is 37.5 Å². The van der Waals surface area contributed by atoms with E-state index in [4.69, 9.17) is 0 Å². The summed E-state index contributed by atoms with van der Waals surface area (Å²) >= 11 is 1.36. The minimum Gasteiger partial charge on any atom is -0.393 e. The average Bonchev–Trinajstić information content (AvgIpc) is 3.03. The zero-order valence-corrected chi connectivity index (χ0v) is 16.0. The minimum atomic E-state index is -0.367. The van der Waals surface area contributed by atoms with Gasteiger partial charge >= 0.3 is 0 Å². The molecule has 0 saturated carbocycles. The maximum atomic E-state index is 13.1. The Labute approximate surface area is 160 Å². The van der Waals surface area contributed by atoms with Crippen molar-refractivity contribution in [3.8, 4) is 5.69 Å². The summed E-state index contributed by atoms with van der Waals surface area (Å²) < 4.78 is 2.16. The predicted molar refractivity (Wildman–Crippen MR) is 110 cm³/mol. The molecule has 0 aliphatic heterocycles. The average molecular weight is 380 g/mol. The third-order valence-corrected chi connectivity index (χ3v) is 5.55. The lowest BCUT2D eigenvalue weighted by molar-refractivity contribution is 0.189. The monoisotopic (exact) mass is 380 g/mol. The van der Waals surface area contributed by atoms with Gasteiger partial charge in [0.15, 0.2) is 0 Å². The molecular weight excluding hydrogens is 360 g/mol. The van der Waals surface area contributed by atoms with Crippen LogP contribution in [0.3, 0.4) is 0 Å². The van der Waals surface area contributed by atoms with Gasteiger partial charge in [-0.1, -0.05) is 17.7 Å². The van der Waals surface area contributed by atoms with Crippen molar-refractivity contribution in [3.05, 3.63) is 58.8 Å². The van der Waals surface area contributed by atoms with Gasteiger partial charge < -0.3 is 10.4 Å². The molecule has 0 aliphatic rings. The number of thiophene rings is 1. The molecule has 0 radical (unpaired) electrons. The highest BCUT2D eigenvalue weighted by Gasteiger charge is 2.16. The van der Waals surface area contributed by atoms with Gasteiger partial charge in [0.25, 0.3) is 5.56 Å². The number of hydrogen-bond acceptors (Lipinski definition) is 6. The Morgan fingerprint density at radius 2 is 2.00 bits per heavy atom. The van der Waals surface area contributed by atoms with Crippen LogP contribution in [0.4, 0.5) is 5.69 Å². The Morgan fingerprint density at radius 3 is 2.74 bits per heavy atom. The molecular formula is C20H20N4O2S. The van der Waals surface area contributed by atoms with Crippen LogP contribution in [0.25, 0.3) is 26.1 Å². The predicted octanol–water partition coefficient (Wildman–Crippen LogP) is 3.49. The van der Waals surface area contributed by atoms with Crippen molar-refractivity contribution in [2.24, 2.45) is 0 Å². The minimum absolute atomic E-state index is 0.0956. The summed E-state index contributed by atoms with van der Waals surface area (Å²) in [5, 5.41) is 13.6. The number of nitrogens with one attached hydrogen (secondary N) is 1. The number of pyridine rings is 1. The standard InChI is InChI=1S/C20H20N4O2S/c1-12-3-5-14(6-4-12)24-11-23-17-16-15(21-9-7-13(2)25)8-10-22-19(16)27-18(17)20(24)26/h3-6,8,10-11,13,25H,7,9H2,1-2H3,(H,21,22). The largest absolute Gasteiger partial charge is 0.393 e. The van der Waals surface area contributed by atoms with Gasteiger partial charge in [-0.15, -0.1) is 11.3 Å². The summed E-state index contributed by atoms with van der Waals surface area (Å²) in [6.45, 7) is 4.41. The van der Waals surface area contributed by atoms with Crippen molar-refractivity contribution in [2.75, 3.05) is 11.9 Å². The topological polar surface area (TPSA) is 80.0 Å². The summed E-state index contributed by atoms with van der Waals surface area (Å²) in [5.74, 6) is 0. The highest BCUT2D eigenvalue weighted by Crippen LogP contribution is 2.34. The van der Waals surface area contributed by atoms with Gasteiger partial charge in [0.05, 0.1) is 22.7 Å². The van der Waals surface area contributed by atoms with Crippen molar-refractivity contribution in [1.29, 1.82) is 0 Å². The van der Waals surface area contributed by atoms with Crippen LogP contribution in [0.1, 0.15) is 18.9 Å². The summed E-state index contributed by atoms with van der Waals surface area (Å²) in [7, 11) is 0. The normalized spacial score (nSPS) is 12.6. The SMILES string of the molecule is Cc1ccc(-n2cnc3c(sc4nccc(NCCC(C)O)c43)c2=O)cc1. The molecule has 1 unspecified atom stereocenters. The number of aliphatic hydroxyl groups is 1. The Kier molecular flexibility index (Phi) is 4.63. The molecule has 3 aromatic heterocycles. The molecule has 4 aromatic rings. The Hall–Kier alpha value is -2.77. The first-order valence-corrected chi connectivity index (χ1v) is 9.64. The van der Waals surface area contributed by atoms with E-state index in [1.807, 2.05) is 37.3 Å². The Morgan fingerprint density at radius 1 is 1.22 bits per heavy atom. The van der Waals surface area contributed by atoms with Crippen LogP contribution in [0.5, 0.6) is 0 Å². The fraction of sp³-hybridized carbons (Fsp3) is 0.250. The van der Waals surface area contributed by atoms with Crippen LogP contribution in [0, 0.1) is 6.92 Å². The molecule has 138 valence electrons. The van der Waals surface area contributed by atoms with Gasteiger partial charge in [-0.3, -0.25) is 9.36 Å². The van der Waals surface area contributed by atoms with E-state index in [2.05, 4.69) is 15.3 Å². The second-order valence-corrected chi connectivity index (χ2v) is 7.64. The number of hydrogen-bond donors (Lipinski definition) is 2. The van der Waals surface area contributed by atoms with Crippen LogP contribution in [0.2, 0.25) is 0 Å². The smallest absolute Gasteiger partial charge is 0.275 e. The lowest BCUT2D eigenvalue weighted by atomic mass is 10.2. The lowest BCUT2D eigenvalue weighted by Gasteiger charge is -2.09. The van der Waals surface area contributed by atoms with E-state index in [-0.39, 0.29) is 11.7 Å². The maximum Gasteiger partial charge on any atom is 0.275 e. The molecule has 1 aromatic carbocycles. The highest BCUT2D eigenvalue weighted by atomic mass is 32.1. The molecule has 2 N–H and O–H groups in total. The highest BCUT2D eigenvalue weighted by molar-refractivity contribution is 7.25. The van der Waals surface area contributed by atoms with Crippen LogP contribution in [0.15, 0.2) is 47.7 Å². The van der Waals surface area contributed by atoms with Crippen LogP contribution in [-0.2, 0) is 0 Å². The summed E-state index contributed by atoms with van der Waals surface area (Å²) in [6, 6.07) is 9.66. The van der Waals surface area contributed by atoms with Crippen molar-refractivity contribution < 1.29 is 5.11 Å². The Bertz CT molecular complexity index is 1160. The van der Waals surface area contributed by atoms with Crippen LogP contribution in [-0.4, -0.2) is 32.3 Å². The van der Waals surface area contributed by atoms with E-state index in [0.29, 0.717) is 23.2 Å². The van der Waals surface area contributed by atoms with E-state index in [0.717, 1.165) is 27.2 Å². The summed E-state index contributed by atoms with van der Waals surface area (Å²) in [6.07, 6.45) is 3.57. The first-order valence-electron chi connectivity index (χ1n) is 8.82. The second kappa shape index (κ2) is 7.09.